The molecule has 0 aliphatic rings. The van der Waals surface area contributed by atoms with Crippen molar-refractivity contribution >= 4 is 23.5 Å². The molecule has 1 aromatic heterocycles. The Hall–Kier alpha value is -1.95. The zero-order valence-corrected chi connectivity index (χ0v) is 11.9. The molecule has 5 nitrogen and oxygen atoms in total. The minimum absolute atomic E-state index is 0.458. The summed E-state index contributed by atoms with van der Waals surface area (Å²) in [4.78, 5) is 8.57. The summed E-state index contributed by atoms with van der Waals surface area (Å²) in [6.07, 6.45) is 3.63. The van der Waals surface area contributed by atoms with Crippen molar-refractivity contribution in [3.63, 3.8) is 0 Å². The molecular formula is C13H16N4OS. The fraction of sp³-hybridized carbons (Fsp3) is 0.231. The van der Waals surface area contributed by atoms with Crippen LogP contribution in [0.15, 0.2) is 24.4 Å². The maximum absolute atomic E-state index is 5.68. The van der Waals surface area contributed by atoms with Crippen molar-refractivity contribution < 1.29 is 4.74 Å². The van der Waals surface area contributed by atoms with Crippen LogP contribution < -0.4 is 15.2 Å². The monoisotopic (exact) mass is 276 g/mol. The SMILES string of the molecule is COc1ccc(-c2cnc(N)c(C)n2)cc1NSC. The number of nitrogens with one attached hydrogen (secondary N) is 1. The first-order valence-electron chi connectivity index (χ1n) is 5.72. The van der Waals surface area contributed by atoms with E-state index in [9.17, 15) is 0 Å². The maximum atomic E-state index is 5.68. The summed E-state index contributed by atoms with van der Waals surface area (Å²) in [5.41, 5.74) is 9.07. The number of nitrogens with two attached hydrogens (primary N) is 1. The Bertz CT molecular complexity index is 589. The third kappa shape index (κ3) is 2.90. The lowest BCUT2D eigenvalue weighted by atomic mass is 10.1. The number of rotatable bonds is 4. The molecule has 2 aromatic rings. The zero-order chi connectivity index (χ0) is 13.8. The van der Waals surface area contributed by atoms with Gasteiger partial charge < -0.3 is 15.2 Å². The van der Waals surface area contributed by atoms with Gasteiger partial charge in [0.1, 0.15) is 11.6 Å². The predicted octanol–water partition coefficient (Wildman–Crippen LogP) is 2.73. The van der Waals surface area contributed by atoms with Crippen LogP contribution in [0.25, 0.3) is 11.3 Å². The summed E-state index contributed by atoms with van der Waals surface area (Å²) in [7, 11) is 1.65. The first kappa shape index (κ1) is 13.5. The Labute approximate surface area is 116 Å². The van der Waals surface area contributed by atoms with Crippen LogP contribution >= 0.6 is 11.9 Å². The van der Waals surface area contributed by atoms with Gasteiger partial charge in [-0.05, 0) is 25.1 Å². The van der Waals surface area contributed by atoms with E-state index >= 15 is 0 Å². The molecular weight excluding hydrogens is 260 g/mol. The van der Waals surface area contributed by atoms with E-state index in [4.69, 9.17) is 10.5 Å². The number of hydrogen-bond acceptors (Lipinski definition) is 6. The van der Waals surface area contributed by atoms with Crippen molar-refractivity contribution in [2.24, 2.45) is 0 Å². The van der Waals surface area contributed by atoms with Crippen LogP contribution in [-0.4, -0.2) is 23.3 Å². The number of methoxy groups -OCH3 is 1. The minimum atomic E-state index is 0.458. The first-order chi connectivity index (χ1) is 9.15. The van der Waals surface area contributed by atoms with Crippen molar-refractivity contribution in [3.8, 4) is 17.0 Å². The fourth-order valence-electron chi connectivity index (χ4n) is 1.69. The Kier molecular flexibility index (Phi) is 4.11. The van der Waals surface area contributed by atoms with Crippen LogP contribution in [0, 0.1) is 6.92 Å². The second-order valence-corrected chi connectivity index (χ2v) is 4.56. The van der Waals surface area contributed by atoms with E-state index in [1.165, 1.54) is 11.9 Å². The number of nitrogen functional groups attached to an aromatic ring is 1. The average Bonchev–Trinajstić information content (AvgIpc) is 2.42. The van der Waals surface area contributed by atoms with Gasteiger partial charge in [0.2, 0.25) is 0 Å². The molecule has 0 aliphatic heterocycles. The minimum Gasteiger partial charge on any atom is -0.495 e. The van der Waals surface area contributed by atoms with E-state index in [1.54, 1.807) is 13.3 Å². The predicted molar refractivity (Wildman–Crippen MR) is 80.3 cm³/mol. The Balaban J connectivity index is 2.44. The van der Waals surface area contributed by atoms with Gasteiger partial charge in [-0.15, -0.1) is 0 Å². The largest absolute Gasteiger partial charge is 0.495 e. The van der Waals surface area contributed by atoms with Gasteiger partial charge in [-0.25, -0.2) is 9.97 Å². The molecule has 0 radical (unpaired) electrons. The van der Waals surface area contributed by atoms with Gasteiger partial charge >= 0.3 is 0 Å². The van der Waals surface area contributed by atoms with Crippen LogP contribution in [0.2, 0.25) is 0 Å². The molecule has 0 unspecified atom stereocenters. The molecule has 0 bridgehead atoms. The molecule has 6 heteroatoms. The summed E-state index contributed by atoms with van der Waals surface area (Å²) in [5.74, 6) is 1.25. The molecule has 100 valence electrons. The molecule has 0 aliphatic carbocycles. The van der Waals surface area contributed by atoms with E-state index in [0.29, 0.717) is 5.82 Å². The third-order valence-electron chi connectivity index (χ3n) is 2.69. The zero-order valence-electron chi connectivity index (χ0n) is 11.1. The number of anilines is 2. The van der Waals surface area contributed by atoms with Gasteiger partial charge in [-0.2, -0.15) is 0 Å². The Morgan fingerprint density at radius 1 is 1.37 bits per heavy atom. The summed E-state index contributed by atoms with van der Waals surface area (Å²) < 4.78 is 8.48. The van der Waals surface area contributed by atoms with Gasteiger partial charge in [0.15, 0.2) is 0 Å². The smallest absolute Gasteiger partial charge is 0.144 e. The van der Waals surface area contributed by atoms with Gasteiger partial charge in [0.05, 0.1) is 30.4 Å². The summed E-state index contributed by atoms with van der Waals surface area (Å²) >= 11 is 1.51. The lowest BCUT2D eigenvalue weighted by Crippen LogP contribution is -1.98. The van der Waals surface area contributed by atoms with Gasteiger partial charge in [-0.3, -0.25) is 0 Å². The van der Waals surface area contributed by atoms with Crippen molar-refractivity contribution in [1.29, 1.82) is 0 Å². The quantitative estimate of drug-likeness (QED) is 0.836. The van der Waals surface area contributed by atoms with Crippen molar-refractivity contribution in [2.45, 2.75) is 6.92 Å². The molecule has 0 fully saturated rings. The lowest BCUT2D eigenvalue weighted by molar-refractivity contribution is 0.417. The van der Waals surface area contributed by atoms with E-state index in [1.807, 2.05) is 31.4 Å². The molecule has 0 saturated carbocycles. The Morgan fingerprint density at radius 3 is 2.79 bits per heavy atom. The molecule has 0 amide bonds. The van der Waals surface area contributed by atoms with E-state index in [2.05, 4.69) is 14.7 Å². The highest BCUT2D eigenvalue weighted by molar-refractivity contribution is 7.99. The summed E-state index contributed by atoms with van der Waals surface area (Å²) in [6.45, 7) is 1.84. The van der Waals surface area contributed by atoms with Crippen molar-refractivity contribution in [3.05, 3.63) is 30.1 Å². The highest BCUT2D eigenvalue weighted by atomic mass is 32.2. The van der Waals surface area contributed by atoms with E-state index in [-0.39, 0.29) is 0 Å². The number of aryl methyl sites for hydroxylation is 1. The molecule has 0 spiro atoms. The van der Waals surface area contributed by atoms with Crippen LogP contribution in [0.5, 0.6) is 5.75 Å². The third-order valence-corrected chi connectivity index (χ3v) is 3.12. The number of nitrogens with zero attached hydrogens (tertiary/aromatic N) is 2. The highest BCUT2D eigenvalue weighted by Crippen LogP contribution is 2.31. The molecule has 0 atom stereocenters. The van der Waals surface area contributed by atoms with Crippen LogP contribution in [0.3, 0.4) is 0 Å². The highest BCUT2D eigenvalue weighted by Gasteiger charge is 2.08. The second-order valence-electron chi connectivity index (χ2n) is 3.95. The molecule has 19 heavy (non-hydrogen) atoms. The van der Waals surface area contributed by atoms with Gasteiger partial charge in [-0.1, -0.05) is 11.9 Å². The maximum Gasteiger partial charge on any atom is 0.144 e. The molecule has 1 heterocycles. The molecule has 0 saturated heterocycles. The van der Waals surface area contributed by atoms with E-state index in [0.717, 1.165) is 28.4 Å². The molecule has 3 N–H and O–H groups in total. The topological polar surface area (TPSA) is 73.1 Å². The van der Waals surface area contributed by atoms with Crippen LogP contribution in [-0.2, 0) is 0 Å². The Morgan fingerprint density at radius 2 is 2.16 bits per heavy atom. The summed E-state index contributed by atoms with van der Waals surface area (Å²) in [6, 6.07) is 5.83. The lowest BCUT2D eigenvalue weighted by Gasteiger charge is -2.11. The van der Waals surface area contributed by atoms with Crippen LogP contribution in [0.4, 0.5) is 11.5 Å². The van der Waals surface area contributed by atoms with Crippen molar-refractivity contribution in [2.75, 3.05) is 23.8 Å². The first-order valence-corrected chi connectivity index (χ1v) is 6.94. The molecule has 2 rings (SSSR count). The number of hydrogen-bond donors (Lipinski definition) is 2. The van der Waals surface area contributed by atoms with E-state index < -0.39 is 0 Å². The standard InChI is InChI=1S/C13H16N4OS/c1-8-13(14)15-7-11(16-8)9-4-5-12(18-2)10(6-9)17-19-3/h4-7,17H,1-3H3,(H2,14,15). The number of ether oxygens (including phenoxy) is 1. The number of benzene rings is 1. The normalized spacial score (nSPS) is 10.3. The van der Waals surface area contributed by atoms with Crippen molar-refractivity contribution in [1.82, 2.24) is 9.97 Å². The fourth-order valence-corrected chi connectivity index (χ4v) is 2.07. The van der Waals surface area contributed by atoms with Gasteiger partial charge in [0.25, 0.3) is 0 Å². The van der Waals surface area contributed by atoms with Gasteiger partial charge in [0, 0.05) is 11.8 Å². The summed E-state index contributed by atoms with van der Waals surface area (Å²) in [5, 5.41) is 0. The number of aromatic nitrogens is 2. The second kappa shape index (κ2) is 5.79. The average molecular weight is 276 g/mol. The molecule has 1 aromatic carbocycles. The van der Waals surface area contributed by atoms with Crippen LogP contribution in [0.1, 0.15) is 5.69 Å².